The van der Waals surface area contributed by atoms with E-state index in [1.165, 1.54) is 18.7 Å². The number of rotatable bonds is 3. The third-order valence-corrected chi connectivity index (χ3v) is 6.16. The standard InChI is InChI=1S/C21H25N3O/c1-2-4-18-17(3-1)19-14-23(13-16-5-7-22-8-6-16)15-20(19)21(18)24-9-11-25-12-10-24/h1-8,19-21H,9-15H2/t19-,20-,21-/m0/s1. The number of aromatic nitrogens is 1. The van der Waals surface area contributed by atoms with Gasteiger partial charge in [0.05, 0.1) is 13.2 Å². The molecule has 2 aromatic rings. The van der Waals surface area contributed by atoms with Crippen LogP contribution in [0.3, 0.4) is 0 Å². The highest BCUT2D eigenvalue weighted by Gasteiger charge is 2.48. The number of pyridine rings is 1. The van der Waals surface area contributed by atoms with Crippen LogP contribution in [0.5, 0.6) is 0 Å². The quantitative estimate of drug-likeness (QED) is 0.862. The molecule has 0 saturated carbocycles. The molecule has 4 heteroatoms. The van der Waals surface area contributed by atoms with Crippen molar-refractivity contribution < 1.29 is 4.74 Å². The van der Waals surface area contributed by atoms with E-state index in [0.717, 1.165) is 32.8 Å². The molecule has 2 saturated heterocycles. The molecule has 0 radical (unpaired) electrons. The lowest BCUT2D eigenvalue weighted by Gasteiger charge is -2.36. The summed E-state index contributed by atoms with van der Waals surface area (Å²) in [5.41, 5.74) is 4.52. The largest absolute Gasteiger partial charge is 0.379 e. The zero-order valence-electron chi connectivity index (χ0n) is 14.6. The number of fused-ring (bicyclic) bond motifs is 3. The van der Waals surface area contributed by atoms with E-state index in [0.29, 0.717) is 17.9 Å². The van der Waals surface area contributed by atoms with Crippen LogP contribution in [0.1, 0.15) is 28.7 Å². The van der Waals surface area contributed by atoms with Gasteiger partial charge >= 0.3 is 0 Å². The van der Waals surface area contributed by atoms with Crippen molar-refractivity contribution >= 4 is 0 Å². The Labute approximate surface area is 149 Å². The van der Waals surface area contributed by atoms with E-state index in [9.17, 15) is 0 Å². The summed E-state index contributed by atoms with van der Waals surface area (Å²) >= 11 is 0. The lowest BCUT2D eigenvalue weighted by Crippen LogP contribution is -2.41. The van der Waals surface area contributed by atoms with Gasteiger partial charge in [0.15, 0.2) is 0 Å². The van der Waals surface area contributed by atoms with Crippen molar-refractivity contribution in [2.45, 2.75) is 18.5 Å². The second-order valence-electron chi connectivity index (χ2n) is 7.54. The van der Waals surface area contributed by atoms with Gasteiger partial charge in [-0.05, 0) is 34.7 Å². The monoisotopic (exact) mass is 335 g/mol. The third-order valence-electron chi connectivity index (χ3n) is 6.16. The van der Waals surface area contributed by atoms with Crippen LogP contribution >= 0.6 is 0 Å². The van der Waals surface area contributed by atoms with Crippen molar-refractivity contribution in [1.82, 2.24) is 14.8 Å². The molecular weight excluding hydrogens is 310 g/mol. The maximum atomic E-state index is 5.60. The van der Waals surface area contributed by atoms with Crippen molar-refractivity contribution in [3.8, 4) is 0 Å². The fraction of sp³-hybridized carbons (Fsp3) is 0.476. The highest BCUT2D eigenvalue weighted by Crippen LogP contribution is 2.51. The van der Waals surface area contributed by atoms with E-state index in [1.807, 2.05) is 12.4 Å². The maximum Gasteiger partial charge on any atom is 0.0594 e. The lowest BCUT2D eigenvalue weighted by molar-refractivity contribution is 0.00470. The summed E-state index contributed by atoms with van der Waals surface area (Å²) in [7, 11) is 0. The van der Waals surface area contributed by atoms with E-state index >= 15 is 0 Å². The number of nitrogens with zero attached hydrogens (tertiary/aromatic N) is 3. The fourth-order valence-electron chi connectivity index (χ4n) is 5.11. The molecule has 3 atom stereocenters. The van der Waals surface area contributed by atoms with Crippen molar-refractivity contribution in [3.05, 3.63) is 65.5 Å². The molecule has 4 nitrogen and oxygen atoms in total. The van der Waals surface area contributed by atoms with E-state index in [-0.39, 0.29) is 0 Å². The fourth-order valence-corrected chi connectivity index (χ4v) is 5.11. The van der Waals surface area contributed by atoms with Crippen LogP contribution in [-0.2, 0) is 11.3 Å². The number of hydrogen-bond donors (Lipinski definition) is 0. The van der Waals surface area contributed by atoms with Crippen LogP contribution in [0.4, 0.5) is 0 Å². The Kier molecular flexibility index (Phi) is 4.04. The second kappa shape index (κ2) is 6.52. The molecule has 25 heavy (non-hydrogen) atoms. The van der Waals surface area contributed by atoms with E-state index in [4.69, 9.17) is 4.74 Å². The van der Waals surface area contributed by atoms with Gasteiger partial charge in [0.25, 0.3) is 0 Å². The zero-order valence-corrected chi connectivity index (χ0v) is 14.6. The summed E-state index contributed by atoms with van der Waals surface area (Å²) in [5.74, 6) is 1.38. The Morgan fingerprint density at radius 3 is 2.52 bits per heavy atom. The van der Waals surface area contributed by atoms with Crippen LogP contribution in [0.2, 0.25) is 0 Å². The van der Waals surface area contributed by atoms with E-state index in [1.54, 1.807) is 11.1 Å². The molecule has 0 amide bonds. The Morgan fingerprint density at radius 2 is 1.72 bits per heavy atom. The Morgan fingerprint density at radius 1 is 0.960 bits per heavy atom. The van der Waals surface area contributed by atoms with E-state index in [2.05, 4.69) is 51.2 Å². The minimum absolute atomic E-state index is 0.563. The van der Waals surface area contributed by atoms with Crippen LogP contribution in [0, 0.1) is 5.92 Å². The predicted octanol–water partition coefficient (Wildman–Crippen LogP) is 2.68. The second-order valence-corrected chi connectivity index (χ2v) is 7.54. The van der Waals surface area contributed by atoms with Gasteiger partial charge in [-0.15, -0.1) is 0 Å². The highest BCUT2D eigenvalue weighted by molar-refractivity contribution is 5.41. The van der Waals surface area contributed by atoms with Gasteiger partial charge in [-0.25, -0.2) is 0 Å². The first-order valence-corrected chi connectivity index (χ1v) is 9.42. The molecular formula is C21H25N3O. The summed E-state index contributed by atoms with van der Waals surface area (Å²) in [5, 5.41) is 0. The normalized spacial score (nSPS) is 29.5. The summed E-state index contributed by atoms with van der Waals surface area (Å²) in [6.07, 6.45) is 3.80. The minimum Gasteiger partial charge on any atom is -0.379 e. The molecule has 1 aromatic heterocycles. The summed E-state index contributed by atoms with van der Waals surface area (Å²) < 4.78 is 5.60. The number of benzene rings is 1. The lowest BCUT2D eigenvalue weighted by atomic mass is 9.93. The SMILES string of the molecule is c1ccc2c(c1)[C@@H]1CN(Cc3ccncc3)C[C@@H]1[C@H]2N1CCOCC1. The minimum atomic E-state index is 0.563. The smallest absolute Gasteiger partial charge is 0.0594 e. The van der Waals surface area contributed by atoms with Crippen LogP contribution in [0.15, 0.2) is 48.8 Å². The van der Waals surface area contributed by atoms with Gasteiger partial charge in [-0.2, -0.15) is 0 Å². The summed E-state index contributed by atoms with van der Waals surface area (Å²) in [6, 6.07) is 14.0. The molecule has 0 bridgehead atoms. The van der Waals surface area contributed by atoms with Crippen molar-refractivity contribution in [3.63, 3.8) is 0 Å². The molecule has 1 aromatic carbocycles. The topological polar surface area (TPSA) is 28.6 Å². The zero-order chi connectivity index (χ0) is 16.6. The molecule has 0 N–H and O–H groups in total. The Hall–Kier alpha value is -1.75. The molecule has 0 spiro atoms. The van der Waals surface area contributed by atoms with Crippen LogP contribution in [-0.4, -0.2) is 54.2 Å². The number of hydrogen-bond acceptors (Lipinski definition) is 4. The first-order chi connectivity index (χ1) is 12.4. The molecule has 1 aliphatic carbocycles. The van der Waals surface area contributed by atoms with Crippen molar-refractivity contribution in [2.75, 3.05) is 39.4 Å². The molecule has 2 fully saturated rings. The molecule has 3 aliphatic rings. The van der Waals surface area contributed by atoms with Crippen LogP contribution < -0.4 is 0 Å². The van der Waals surface area contributed by atoms with Gasteiger partial charge in [0.1, 0.15) is 0 Å². The average Bonchev–Trinajstić information content (AvgIpc) is 3.19. The van der Waals surface area contributed by atoms with Crippen molar-refractivity contribution in [2.24, 2.45) is 5.92 Å². The predicted molar refractivity (Wildman–Crippen MR) is 97.3 cm³/mol. The van der Waals surface area contributed by atoms with Crippen molar-refractivity contribution in [1.29, 1.82) is 0 Å². The first-order valence-electron chi connectivity index (χ1n) is 9.42. The number of ether oxygens (including phenoxy) is 1. The molecule has 0 unspecified atom stereocenters. The van der Waals surface area contributed by atoms with Crippen LogP contribution in [0.25, 0.3) is 0 Å². The Balaban J connectivity index is 1.41. The van der Waals surface area contributed by atoms with Gasteiger partial charge in [-0.3, -0.25) is 14.8 Å². The Bertz CT molecular complexity index is 729. The van der Waals surface area contributed by atoms with Gasteiger partial charge in [0, 0.05) is 57.1 Å². The number of morpholine rings is 1. The number of likely N-dealkylation sites (tertiary alicyclic amines) is 1. The third kappa shape index (κ3) is 2.78. The average molecular weight is 335 g/mol. The van der Waals surface area contributed by atoms with Gasteiger partial charge in [-0.1, -0.05) is 24.3 Å². The maximum absolute atomic E-state index is 5.60. The first kappa shape index (κ1) is 15.5. The summed E-state index contributed by atoms with van der Waals surface area (Å²) in [6.45, 7) is 7.26. The van der Waals surface area contributed by atoms with Gasteiger partial charge < -0.3 is 4.74 Å². The molecule has 3 heterocycles. The van der Waals surface area contributed by atoms with Gasteiger partial charge in [0.2, 0.25) is 0 Å². The van der Waals surface area contributed by atoms with E-state index < -0.39 is 0 Å². The molecule has 5 rings (SSSR count). The highest BCUT2D eigenvalue weighted by atomic mass is 16.5. The molecule has 130 valence electrons. The summed E-state index contributed by atoms with van der Waals surface area (Å²) in [4.78, 5) is 9.45. The molecule has 2 aliphatic heterocycles.